The fraction of sp³-hybridized carbons (Fsp3) is 0.400. The summed E-state index contributed by atoms with van der Waals surface area (Å²) in [5, 5.41) is 3.20. The summed E-state index contributed by atoms with van der Waals surface area (Å²) >= 11 is 0. The third-order valence-corrected chi connectivity index (χ3v) is 4.53. The molecule has 1 aromatic carbocycles. The molecule has 1 saturated heterocycles. The highest BCUT2D eigenvalue weighted by molar-refractivity contribution is 5.92. The maximum Gasteiger partial charge on any atom is 0.272 e. The zero-order valence-corrected chi connectivity index (χ0v) is 15.2. The molecule has 3 rings (SSSR count). The molecule has 26 heavy (non-hydrogen) atoms. The molecule has 0 radical (unpaired) electrons. The quantitative estimate of drug-likeness (QED) is 0.772. The van der Waals surface area contributed by atoms with Gasteiger partial charge >= 0.3 is 0 Å². The maximum atomic E-state index is 12.6. The van der Waals surface area contributed by atoms with Crippen LogP contribution >= 0.6 is 0 Å². The second kappa shape index (κ2) is 9.31. The summed E-state index contributed by atoms with van der Waals surface area (Å²) in [6.07, 6.45) is 1.70. The monoisotopic (exact) mass is 354 g/mol. The van der Waals surface area contributed by atoms with E-state index in [1.807, 2.05) is 17.0 Å². The molecule has 2 heterocycles. The Morgan fingerprint density at radius 2 is 1.88 bits per heavy atom. The van der Waals surface area contributed by atoms with Crippen LogP contribution in [0.15, 0.2) is 48.7 Å². The Morgan fingerprint density at radius 3 is 2.54 bits per heavy atom. The Kier molecular flexibility index (Phi) is 6.57. The summed E-state index contributed by atoms with van der Waals surface area (Å²) in [6.45, 7) is 5.53. The van der Waals surface area contributed by atoms with E-state index in [-0.39, 0.29) is 5.91 Å². The van der Waals surface area contributed by atoms with E-state index in [9.17, 15) is 4.79 Å². The van der Waals surface area contributed by atoms with Gasteiger partial charge in [0.1, 0.15) is 5.69 Å². The van der Waals surface area contributed by atoms with Crippen LogP contribution in [-0.4, -0.2) is 67.1 Å². The first-order valence-electron chi connectivity index (χ1n) is 9.00. The van der Waals surface area contributed by atoms with Crippen molar-refractivity contribution < 1.29 is 9.53 Å². The minimum absolute atomic E-state index is 0.00722. The van der Waals surface area contributed by atoms with Crippen LogP contribution in [0.1, 0.15) is 16.1 Å². The molecule has 0 atom stereocenters. The summed E-state index contributed by atoms with van der Waals surface area (Å²) < 4.78 is 5.00. The van der Waals surface area contributed by atoms with Crippen molar-refractivity contribution in [2.24, 2.45) is 0 Å². The Hall–Kier alpha value is -2.44. The van der Waals surface area contributed by atoms with Crippen molar-refractivity contribution in [2.75, 3.05) is 51.8 Å². The zero-order valence-electron chi connectivity index (χ0n) is 15.2. The van der Waals surface area contributed by atoms with Crippen LogP contribution in [0, 0.1) is 0 Å². The largest absolute Gasteiger partial charge is 0.383 e. The van der Waals surface area contributed by atoms with Crippen LogP contribution in [0.3, 0.4) is 0 Å². The van der Waals surface area contributed by atoms with Crippen molar-refractivity contribution in [1.29, 1.82) is 0 Å². The van der Waals surface area contributed by atoms with E-state index in [4.69, 9.17) is 4.74 Å². The van der Waals surface area contributed by atoms with E-state index < -0.39 is 0 Å². The minimum atomic E-state index is 0.00722. The number of anilines is 1. The van der Waals surface area contributed by atoms with Gasteiger partial charge in [0.15, 0.2) is 0 Å². The van der Waals surface area contributed by atoms with Crippen LogP contribution in [0.4, 0.5) is 5.69 Å². The molecular weight excluding hydrogens is 328 g/mol. The Balaban J connectivity index is 1.48. The Labute approximate surface area is 154 Å². The number of piperazine rings is 1. The lowest BCUT2D eigenvalue weighted by atomic mass is 10.2. The number of amides is 1. The molecule has 1 N–H and O–H groups in total. The second-order valence-corrected chi connectivity index (χ2v) is 6.41. The van der Waals surface area contributed by atoms with Crippen molar-refractivity contribution >= 4 is 11.6 Å². The van der Waals surface area contributed by atoms with Crippen molar-refractivity contribution in [3.8, 4) is 0 Å². The number of aromatic nitrogens is 1. The number of nitrogens with one attached hydrogen (secondary N) is 1. The predicted octanol–water partition coefficient (Wildman–Crippen LogP) is 2.10. The number of hydrogen-bond acceptors (Lipinski definition) is 5. The number of rotatable bonds is 7. The Bertz CT molecular complexity index is 683. The molecule has 1 fully saturated rings. The average Bonchev–Trinajstić information content (AvgIpc) is 2.70. The molecular formula is C20H26N4O2. The highest BCUT2D eigenvalue weighted by atomic mass is 16.5. The van der Waals surface area contributed by atoms with Crippen LogP contribution < -0.4 is 5.32 Å². The maximum absolute atomic E-state index is 12.6. The number of ether oxygens (including phenoxy) is 1. The third-order valence-electron chi connectivity index (χ3n) is 4.53. The lowest BCUT2D eigenvalue weighted by Gasteiger charge is -2.34. The number of carbonyl (C=O) groups excluding carboxylic acids is 1. The molecule has 1 aromatic heterocycles. The number of methoxy groups -OCH3 is 1. The molecule has 138 valence electrons. The topological polar surface area (TPSA) is 57.7 Å². The summed E-state index contributed by atoms with van der Waals surface area (Å²) in [7, 11) is 1.67. The van der Waals surface area contributed by atoms with Crippen molar-refractivity contribution in [1.82, 2.24) is 14.8 Å². The van der Waals surface area contributed by atoms with Gasteiger partial charge < -0.3 is 15.0 Å². The van der Waals surface area contributed by atoms with E-state index in [0.29, 0.717) is 12.3 Å². The molecule has 1 aliphatic rings. The highest BCUT2D eigenvalue weighted by Crippen LogP contribution is 2.12. The Morgan fingerprint density at radius 1 is 1.12 bits per heavy atom. The number of hydrogen-bond donors (Lipinski definition) is 1. The van der Waals surface area contributed by atoms with Gasteiger partial charge in [0.25, 0.3) is 5.91 Å². The van der Waals surface area contributed by atoms with E-state index in [0.717, 1.165) is 45.0 Å². The molecule has 0 spiro atoms. The van der Waals surface area contributed by atoms with Gasteiger partial charge in [0.2, 0.25) is 0 Å². The number of carbonyl (C=O) groups is 1. The van der Waals surface area contributed by atoms with Crippen molar-refractivity contribution in [2.45, 2.75) is 6.54 Å². The number of pyridine rings is 1. The first-order valence-corrected chi connectivity index (χ1v) is 9.00. The van der Waals surface area contributed by atoms with Gasteiger partial charge in [-0.15, -0.1) is 0 Å². The summed E-state index contributed by atoms with van der Waals surface area (Å²) in [5.74, 6) is 0.00722. The normalized spacial score (nSPS) is 15.0. The first-order chi connectivity index (χ1) is 12.8. The van der Waals surface area contributed by atoms with Gasteiger partial charge in [0, 0.05) is 46.4 Å². The zero-order chi connectivity index (χ0) is 18.2. The fourth-order valence-corrected chi connectivity index (χ4v) is 3.04. The fourth-order valence-electron chi connectivity index (χ4n) is 3.04. The second-order valence-electron chi connectivity index (χ2n) is 6.41. The first kappa shape index (κ1) is 18.4. The molecule has 1 aliphatic heterocycles. The van der Waals surface area contributed by atoms with Gasteiger partial charge in [-0.1, -0.05) is 30.3 Å². The number of benzene rings is 1. The molecule has 1 amide bonds. The van der Waals surface area contributed by atoms with E-state index in [1.54, 1.807) is 19.4 Å². The van der Waals surface area contributed by atoms with Gasteiger partial charge in [-0.2, -0.15) is 0 Å². The van der Waals surface area contributed by atoms with Crippen LogP contribution in [0.5, 0.6) is 0 Å². The van der Waals surface area contributed by atoms with Gasteiger partial charge in [-0.05, 0) is 17.7 Å². The summed E-state index contributed by atoms with van der Waals surface area (Å²) in [6, 6.07) is 14.1. The van der Waals surface area contributed by atoms with Crippen LogP contribution in [-0.2, 0) is 11.3 Å². The van der Waals surface area contributed by atoms with Gasteiger partial charge in [-0.3, -0.25) is 9.69 Å². The van der Waals surface area contributed by atoms with Crippen molar-refractivity contribution in [3.63, 3.8) is 0 Å². The van der Waals surface area contributed by atoms with Gasteiger partial charge in [-0.25, -0.2) is 4.98 Å². The number of nitrogens with zero attached hydrogens (tertiary/aromatic N) is 3. The lowest BCUT2D eigenvalue weighted by Crippen LogP contribution is -2.48. The molecule has 0 aliphatic carbocycles. The highest BCUT2D eigenvalue weighted by Gasteiger charge is 2.22. The predicted molar refractivity (Wildman–Crippen MR) is 102 cm³/mol. The van der Waals surface area contributed by atoms with Crippen LogP contribution in [0.2, 0.25) is 0 Å². The average molecular weight is 354 g/mol. The summed E-state index contributed by atoms with van der Waals surface area (Å²) in [4.78, 5) is 21.2. The molecule has 0 unspecified atom stereocenters. The molecule has 2 aromatic rings. The van der Waals surface area contributed by atoms with E-state index in [1.165, 1.54) is 5.56 Å². The minimum Gasteiger partial charge on any atom is -0.383 e. The van der Waals surface area contributed by atoms with Crippen molar-refractivity contribution in [3.05, 3.63) is 59.9 Å². The standard InChI is InChI=1S/C20H26N4O2/c1-26-14-9-21-18-7-8-19(22-15-18)20(25)24-12-10-23(11-13-24)16-17-5-3-2-4-6-17/h2-8,15,21H,9-14,16H2,1H3. The SMILES string of the molecule is COCCNc1ccc(C(=O)N2CCN(Cc3ccccc3)CC2)nc1. The molecule has 0 saturated carbocycles. The van der Waals surface area contributed by atoms with E-state index in [2.05, 4.69) is 39.5 Å². The third kappa shape index (κ3) is 5.03. The van der Waals surface area contributed by atoms with E-state index >= 15 is 0 Å². The summed E-state index contributed by atoms with van der Waals surface area (Å²) in [5.41, 5.74) is 2.70. The van der Waals surface area contributed by atoms with Crippen LogP contribution in [0.25, 0.3) is 0 Å². The lowest BCUT2D eigenvalue weighted by molar-refractivity contribution is 0.0623. The smallest absolute Gasteiger partial charge is 0.272 e. The molecule has 0 bridgehead atoms. The van der Waals surface area contributed by atoms with Gasteiger partial charge in [0.05, 0.1) is 18.5 Å². The molecule has 6 heteroatoms. The molecule has 6 nitrogen and oxygen atoms in total.